The van der Waals surface area contributed by atoms with Gasteiger partial charge >= 0.3 is 5.97 Å². The Bertz CT molecular complexity index is 979. The quantitative estimate of drug-likeness (QED) is 0.543. The van der Waals surface area contributed by atoms with Crippen molar-refractivity contribution in [2.75, 3.05) is 0 Å². The summed E-state index contributed by atoms with van der Waals surface area (Å²) in [6.45, 7) is 0. The van der Waals surface area contributed by atoms with Crippen LogP contribution in [-0.2, 0) is 9.59 Å². The van der Waals surface area contributed by atoms with Gasteiger partial charge in [-0.25, -0.2) is 9.78 Å². The number of hydrogen-bond donors (Lipinski definition) is 1. The van der Waals surface area contributed by atoms with E-state index in [1.54, 1.807) is 18.2 Å². The summed E-state index contributed by atoms with van der Waals surface area (Å²) < 4.78 is 0.838. The third-order valence-corrected chi connectivity index (χ3v) is 3.97. The first-order valence-corrected chi connectivity index (χ1v) is 7.95. The fourth-order valence-corrected chi connectivity index (χ4v) is 2.77. The van der Waals surface area contributed by atoms with Gasteiger partial charge in [-0.3, -0.25) is 4.79 Å². The molecule has 5 heteroatoms. The molecule has 0 saturated carbocycles. The largest absolute Gasteiger partial charge is 0.475 e. The second-order valence-corrected chi connectivity index (χ2v) is 6.05. The summed E-state index contributed by atoms with van der Waals surface area (Å²) >= 11 is 3.36. The summed E-state index contributed by atoms with van der Waals surface area (Å²) in [5.41, 5.74) is 1.80. The number of para-hydroxylation sites is 1. The Morgan fingerprint density at radius 2 is 1.79 bits per heavy atom. The van der Waals surface area contributed by atoms with Crippen LogP contribution in [0.3, 0.4) is 0 Å². The first kappa shape index (κ1) is 16.1. The van der Waals surface area contributed by atoms with Crippen LogP contribution in [0, 0.1) is 0 Å². The van der Waals surface area contributed by atoms with Crippen molar-refractivity contribution in [3.63, 3.8) is 0 Å². The number of nitrogens with zero attached hydrogens (tertiary/aromatic N) is 1. The van der Waals surface area contributed by atoms with Crippen molar-refractivity contribution in [3.05, 3.63) is 76.4 Å². The van der Waals surface area contributed by atoms with E-state index < -0.39 is 11.8 Å². The second-order valence-electron chi connectivity index (χ2n) is 5.14. The number of fused-ring (bicyclic) bond motifs is 1. The minimum atomic E-state index is -1.51. The van der Waals surface area contributed by atoms with E-state index in [1.807, 2.05) is 42.5 Å². The monoisotopic (exact) mass is 381 g/mol. The van der Waals surface area contributed by atoms with Gasteiger partial charge in [0, 0.05) is 9.86 Å². The zero-order valence-corrected chi connectivity index (χ0v) is 14.0. The van der Waals surface area contributed by atoms with Crippen molar-refractivity contribution < 1.29 is 14.7 Å². The Hall–Kier alpha value is -2.79. The Balaban J connectivity index is 2.16. The van der Waals surface area contributed by atoms with E-state index in [2.05, 4.69) is 20.9 Å². The summed E-state index contributed by atoms with van der Waals surface area (Å²) in [4.78, 5) is 27.8. The summed E-state index contributed by atoms with van der Waals surface area (Å²) in [7, 11) is 0. The summed E-state index contributed by atoms with van der Waals surface area (Å²) in [5.74, 6) is -2.50. The van der Waals surface area contributed by atoms with Crippen LogP contribution in [0.5, 0.6) is 0 Å². The van der Waals surface area contributed by atoms with Gasteiger partial charge in [0.2, 0.25) is 0 Å². The molecule has 4 nitrogen and oxygen atoms in total. The lowest BCUT2D eigenvalue weighted by Crippen LogP contribution is -2.15. The van der Waals surface area contributed by atoms with Gasteiger partial charge in [-0.15, -0.1) is 0 Å². The molecule has 0 aliphatic rings. The lowest BCUT2D eigenvalue weighted by molar-refractivity contribution is -0.146. The molecular weight excluding hydrogens is 370 g/mol. The number of rotatable bonds is 4. The number of pyridine rings is 1. The Morgan fingerprint density at radius 1 is 1.00 bits per heavy atom. The van der Waals surface area contributed by atoms with Gasteiger partial charge in [-0.2, -0.15) is 0 Å². The minimum absolute atomic E-state index is 0.0475. The fourth-order valence-electron chi connectivity index (χ4n) is 2.35. The number of carboxylic acid groups (broad SMARTS) is 1. The van der Waals surface area contributed by atoms with Gasteiger partial charge in [0.1, 0.15) is 0 Å². The molecule has 0 aliphatic heterocycles. The number of benzene rings is 2. The zero-order valence-electron chi connectivity index (χ0n) is 12.4. The smallest absolute Gasteiger partial charge is 0.377 e. The van der Waals surface area contributed by atoms with E-state index in [-0.39, 0.29) is 5.57 Å². The molecule has 3 aromatic rings. The van der Waals surface area contributed by atoms with Crippen LogP contribution in [0.1, 0.15) is 11.3 Å². The van der Waals surface area contributed by atoms with Crippen LogP contribution in [0.15, 0.2) is 65.1 Å². The van der Waals surface area contributed by atoms with E-state index in [0.717, 1.165) is 9.86 Å². The molecule has 0 spiro atoms. The highest BCUT2D eigenvalue weighted by Crippen LogP contribution is 2.22. The minimum Gasteiger partial charge on any atom is -0.475 e. The number of aliphatic carboxylic acids is 1. The number of carboxylic acids is 1. The maximum atomic E-state index is 12.1. The predicted octanol–water partition coefficient (Wildman–Crippen LogP) is 4.19. The molecule has 0 bridgehead atoms. The maximum Gasteiger partial charge on any atom is 0.377 e. The molecule has 24 heavy (non-hydrogen) atoms. The highest BCUT2D eigenvalue weighted by molar-refractivity contribution is 9.10. The molecule has 0 radical (unpaired) electrons. The molecule has 1 aromatic heterocycles. The predicted molar refractivity (Wildman–Crippen MR) is 96.4 cm³/mol. The van der Waals surface area contributed by atoms with E-state index in [9.17, 15) is 9.59 Å². The third kappa shape index (κ3) is 3.41. The van der Waals surface area contributed by atoms with Crippen molar-refractivity contribution in [2.24, 2.45) is 0 Å². The number of hydrogen-bond acceptors (Lipinski definition) is 3. The van der Waals surface area contributed by atoms with E-state index in [1.165, 1.54) is 6.08 Å². The zero-order chi connectivity index (χ0) is 17.1. The Kier molecular flexibility index (Phi) is 4.53. The number of halogens is 1. The van der Waals surface area contributed by atoms with Crippen molar-refractivity contribution in [1.82, 2.24) is 4.98 Å². The molecule has 3 rings (SSSR count). The number of aromatic nitrogens is 1. The van der Waals surface area contributed by atoms with Gasteiger partial charge in [0.15, 0.2) is 0 Å². The molecule has 2 aromatic carbocycles. The van der Waals surface area contributed by atoms with E-state index in [4.69, 9.17) is 5.11 Å². The Labute approximate surface area is 146 Å². The second kappa shape index (κ2) is 6.76. The van der Waals surface area contributed by atoms with Crippen LogP contribution < -0.4 is 0 Å². The van der Waals surface area contributed by atoms with Crippen molar-refractivity contribution in [1.29, 1.82) is 0 Å². The van der Waals surface area contributed by atoms with Crippen molar-refractivity contribution in [3.8, 4) is 0 Å². The average Bonchev–Trinajstić information content (AvgIpc) is 2.58. The number of carbonyl (C=O) groups is 2. The topological polar surface area (TPSA) is 67.3 Å². The summed E-state index contributed by atoms with van der Waals surface area (Å²) in [6.07, 6.45) is 1.54. The van der Waals surface area contributed by atoms with Crippen LogP contribution in [0.2, 0.25) is 0 Å². The fraction of sp³-hybridized carbons (Fsp3) is 0. The number of ketones is 1. The molecule has 0 unspecified atom stereocenters. The van der Waals surface area contributed by atoms with Gasteiger partial charge in [0.05, 0.1) is 16.8 Å². The molecule has 0 atom stereocenters. The molecule has 1 heterocycles. The van der Waals surface area contributed by atoms with Crippen molar-refractivity contribution in [2.45, 2.75) is 0 Å². The number of Topliss-reactive ketones (excluding diaryl/α,β-unsaturated/α-hetero) is 1. The van der Waals surface area contributed by atoms with Gasteiger partial charge in [0.25, 0.3) is 5.78 Å². The molecule has 0 amide bonds. The lowest BCUT2D eigenvalue weighted by atomic mass is 10.0. The standard InChI is InChI=1S/C19H12BrNO3/c20-14-6-3-4-12(10-14)11-15(18(22)19(23)24)17-9-8-13-5-1-2-7-16(13)21-17/h1-11H,(H,23,24)/b15-11-. The van der Waals surface area contributed by atoms with Crippen LogP contribution in [-0.4, -0.2) is 21.8 Å². The third-order valence-electron chi connectivity index (χ3n) is 3.47. The number of carbonyl (C=O) groups excluding carboxylic acids is 1. The van der Waals surface area contributed by atoms with E-state index in [0.29, 0.717) is 16.8 Å². The normalized spacial score (nSPS) is 11.5. The average molecular weight is 382 g/mol. The molecule has 0 aliphatic carbocycles. The van der Waals surface area contributed by atoms with Crippen LogP contribution >= 0.6 is 15.9 Å². The van der Waals surface area contributed by atoms with Crippen LogP contribution in [0.25, 0.3) is 22.6 Å². The van der Waals surface area contributed by atoms with Crippen molar-refractivity contribution >= 4 is 50.2 Å². The van der Waals surface area contributed by atoms with Gasteiger partial charge in [-0.05, 0) is 35.9 Å². The maximum absolute atomic E-state index is 12.1. The Morgan fingerprint density at radius 3 is 2.54 bits per heavy atom. The first-order valence-electron chi connectivity index (χ1n) is 7.15. The lowest BCUT2D eigenvalue weighted by Gasteiger charge is -2.06. The molecule has 118 valence electrons. The highest BCUT2D eigenvalue weighted by Gasteiger charge is 2.21. The molecule has 0 saturated heterocycles. The van der Waals surface area contributed by atoms with E-state index >= 15 is 0 Å². The molecule has 0 fully saturated rings. The molecule has 1 N–H and O–H groups in total. The summed E-state index contributed by atoms with van der Waals surface area (Å²) in [5, 5.41) is 10.1. The van der Waals surface area contributed by atoms with Gasteiger partial charge in [-0.1, -0.05) is 52.3 Å². The van der Waals surface area contributed by atoms with Crippen LogP contribution in [0.4, 0.5) is 0 Å². The van der Waals surface area contributed by atoms with Gasteiger partial charge < -0.3 is 5.11 Å². The first-order chi connectivity index (χ1) is 11.5. The highest BCUT2D eigenvalue weighted by atomic mass is 79.9. The summed E-state index contributed by atoms with van der Waals surface area (Å²) in [6, 6.07) is 18.2. The SMILES string of the molecule is O=C(O)C(=O)/C(=C\c1cccc(Br)c1)c1ccc2ccccc2n1. The molecular formula is C19H12BrNO3.